The van der Waals surface area contributed by atoms with Crippen LogP contribution in [0.4, 0.5) is 10.6 Å². The number of carbonyl (C=O) groups excluding carboxylic acids is 2. The number of amides is 1. The second kappa shape index (κ2) is 7.98. The van der Waals surface area contributed by atoms with Crippen molar-refractivity contribution in [2.24, 2.45) is 0 Å². The Morgan fingerprint density at radius 2 is 1.86 bits per heavy atom. The molecule has 0 saturated heterocycles. The quantitative estimate of drug-likeness (QED) is 0.735. The first kappa shape index (κ1) is 18.2. The first-order valence-electron chi connectivity index (χ1n) is 6.57. The lowest BCUT2D eigenvalue weighted by Crippen LogP contribution is -2.35. The molecule has 0 radical (unpaired) electrons. The van der Waals surface area contributed by atoms with Crippen molar-refractivity contribution in [2.75, 3.05) is 46.3 Å². The molecule has 0 bridgehead atoms. The van der Waals surface area contributed by atoms with Crippen molar-refractivity contribution in [3.8, 4) is 0 Å². The lowest BCUT2D eigenvalue weighted by molar-refractivity contribution is 0.0599. The maximum atomic E-state index is 11.6. The average Bonchev–Trinajstić information content (AvgIpc) is 2.52. The van der Waals surface area contributed by atoms with Crippen LogP contribution < -0.4 is 4.90 Å². The van der Waals surface area contributed by atoms with Crippen molar-refractivity contribution in [2.45, 2.75) is 6.92 Å². The summed E-state index contributed by atoms with van der Waals surface area (Å²) >= 11 is 3.41. The zero-order chi connectivity index (χ0) is 16.9. The number of carbonyl (C=O) groups is 2. The van der Waals surface area contributed by atoms with Crippen LogP contribution in [-0.4, -0.2) is 63.4 Å². The van der Waals surface area contributed by atoms with Gasteiger partial charge in [-0.05, 0) is 28.9 Å². The molecule has 0 unspecified atom stereocenters. The van der Waals surface area contributed by atoms with Gasteiger partial charge in [-0.25, -0.2) is 14.6 Å². The number of rotatable bonds is 5. The molecule has 0 fully saturated rings. The Morgan fingerprint density at radius 3 is 2.41 bits per heavy atom. The van der Waals surface area contributed by atoms with Crippen LogP contribution in [0.3, 0.4) is 0 Å². The molecule has 22 heavy (non-hydrogen) atoms. The normalized spacial score (nSPS) is 10.1. The Morgan fingerprint density at radius 1 is 1.23 bits per heavy atom. The fourth-order valence-corrected chi connectivity index (χ4v) is 2.43. The Balaban J connectivity index is 2.86. The molecule has 1 rings (SSSR count). The molecule has 0 aromatic carbocycles. The third kappa shape index (κ3) is 4.33. The highest BCUT2D eigenvalue weighted by molar-refractivity contribution is 9.10. The Labute approximate surface area is 138 Å². The van der Waals surface area contributed by atoms with Crippen molar-refractivity contribution in [1.82, 2.24) is 9.88 Å². The zero-order valence-corrected chi connectivity index (χ0v) is 14.9. The number of anilines is 1. The number of nitrogens with zero attached hydrogens (tertiary/aromatic N) is 3. The molecular weight excluding hydrogens is 354 g/mol. The zero-order valence-electron chi connectivity index (χ0n) is 13.3. The van der Waals surface area contributed by atoms with Gasteiger partial charge in [0.05, 0.1) is 29.9 Å². The summed E-state index contributed by atoms with van der Waals surface area (Å²) in [5, 5.41) is 0. The molecule has 0 aliphatic heterocycles. The lowest BCUT2D eigenvalue weighted by atomic mass is 10.2. The average molecular weight is 374 g/mol. The maximum Gasteiger partial charge on any atom is 0.409 e. The van der Waals surface area contributed by atoms with Gasteiger partial charge in [0.2, 0.25) is 0 Å². The predicted molar refractivity (Wildman–Crippen MR) is 86.3 cm³/mol. The molecule has 0 atom stereocenters. The number of methoxy groups -OCH3 is 2. The minimum atomic E-state index is -0.426. The number of aromatic nitrogens is 1. The van der Waals surface area contributed by atoms with E-state index in [0.717, 1.165) is 0 Å². The van der Waals surface area contributed by atoms with Crippen LogP contribution in [-0.2, 0) is 9.47 Å². The standard InChI is InChI=1S/C14H20BrN3O4/c1-9-10(13(19)21-4)8-11(15)12(16-9)17(2)6-7-18(3)14(20)22-5/h8H,6-7H2,1-5H3. The number of aryl methyl sites for hydroxylation is 1. The van der Waals surface area contributed by atoms with E-state index in [1.165, 1.54) is 19.1 Å². The minimum absolute atomic E-state index is 0.391. The maximum absolute atomic E-state index is 11.6. The van der Waals surface area contributed by atoms with Crippen molar-refractivity contribution in [1.29, 1.82) is 0 Å². The van der Waals surface area contributed by atoms with E-state index in [2.05, 4.69) is 25.7 Å². The summed E-state index contributed by atoms with van der Waals surface area (Å²) in [5.41, 5.74) is 0.997. The Bertz CT molecular complexity index is 565. The fourth-order valence-electron chi connectivity index (χ4n) is 1.81. The van der Waals surface area contributed by atoms with Crippen LogP contribution in [0, 0.1) is 6.92 Å². The second-order valence-electron chi connectivity index (χ2n) is 4.73. The summed E-state index contributed by atoms with van der Waals surface area (Å²) in [5.74, 6) is 0.258. The topological polar surface area (TPSA) is 72.0 Å². The van der Waals surface area contributed by atoms with E-state index in [1.807, 2.05) is 11.9 Å². The van der Waals surface area contributed by atoms with Crippen LogP contribution in [0.15, 0.2) is 10.5 Å². The summed E-state index contributed by atoms with van der Waals surface area (Å²) in [6.45, 7) is 2.79. The van der Waals surface area contributed by atoms with Crippen LogP contribution >= 0.6 is 15.9 Å². The third-order valence-corrected chi connectivity index (χ3v) is 3.76. The second-order valence-corrected chi connectivity index (χ2v) is 5.59. The van der Waals surface area contributed by atoms with Crippen LogP contribution in [0.2, 0.25) is 0 Å². The smallest absolute Gasteiger partial charge is 0.409 e. The van der Waals surface area contributed by atoms with Gasteiger partial charge in [0.25, 0.3) is 0 Å². The highest BCUT2D eigenvalue weighted by Crippen LogP contribution is 2.26. The van der Waals surface area contributed by atoms with Crippen molar-refractivity contribution < 1.29 is 19.1 Å². The van der Waals surface area contributed by atoms with Gasteiger partial charge in [0.15, 0.2) is 0 Å². The van der Waals surface area contributed by atoms with Gasteiger partial charge < -0.3 is 19.3 Å². The summed E-state index contributed by atoms with van der Waals surface area (Å²) in [7, 11) is 6.19. The van der Waals surface area contributed by atoms with E-state index >= 15 is 0 Å². The van der Waals surface area contributed by atoms with Crippen LogP contribution in [0.1, 0.15) is 16.1 Å². The molecular formula is C14H20BrN3O4. The molecule has 0 N–H and O–H groups in total. The molecule has 1 aromatic rings. The first-order chi connectivity index (χ1) is 10.3. The van der Waals surface area contributed by atoms with Crippen molar-refractivity contribution >= 4 is 33.8 Å². The highest BCUT2D eigenvalue weighted by Gasteiger charge is 2.17. The SMILES string of the molecule is COC(=O)c1cc(Br)c(N(C)CCN(C)C(=O)OC)nc1C. The van der Waals surface area contributed by atoms with E-state index in [9.17, 15) is 9.59 Å². The van der Waals surface area contributed by atoms with E-state index in [0.29, 0.717) is 34.6 Å². The van der Waals surface area contributed by atoms with Crippen LogP contribution in [0.5, 0.6) is 0 Å². The first-order valence-corrected chi connectivity index (χ1v) is 7.36. The van der Waals surface area contributed by atoms with Gasteiger partial charge in [-0.3, -0.25) is 0 Å². The Hall–Kier alpha value is -1.83. The molecule has 1 amide bonds. The molecule has 0 aliphatic carbocycles. The van der Waals surface area contributed by atoms with Gasteiger partial charge >= 0.3 is 12.1 Å². The number of ether oxygens (including phenoxy) is 2. The molecule has 122 valence electrons. The molecule has 1 aromatic heterocycles. The van der Waals surface area contributed by atoms with Gasteiger partial charge in [0.1, 0.15) is 5.82 Å². The highest BCUT2D eigenvalue weighted by atomic mass is 79.9. The number of esters is 1. The summed E-state index contributed by atoms with van der Waals surface area (Å²) in [4.78, 5) is 30.8. The van der Waals surface area contributed by atoms with E-state index in [1.54, 1.807) is 20.0 Å². The van der Waals surface area contributed by atoms with Crippen molar-refractivity contribution in [3.05, 3.63) is 21.8 Å². The molecule has 0 aliphatic rings. The fraction of sp³-hybridized carbons (Fsp3) is 0.500. The minimum Gasteiger partial charge on any atom is -0.465 e. The summed E-state index contributed by atoms with van der Waals surface area (Å²) in [6, 6.07) is 1.68. The largest absolute Gasteiger partial charge is 0.465 e. The number of likely N-dealkylation sites (N-methyl/N-ethyl adjacent to an activating group) is 2. The lowest BCUT2D eigenvalue weighted by Gasteiger charge is -2.23. The molecule has 8 heteroatoms. The van der Waals surface area contributed by atoms with E-state index < -0.39 is 12.1 Å². The van der Waals surface area contributed by atoms with Gasteiger partial charge in [-0.2, -0.15) is 0 Å². The van der Waals surface area contributed by atoms with Gasteiger partial charge in [-0.15, -0.1) is 0 Å². The van der Waals surface area contributed by atoms with E-state index in [4.69, 9.17) is 4.74 Å². The molecule has 1 heterocycles. The Kier molecular flexibility index (Phi) is 6.61. The molecule has 0 saturated carbocycles. The van der Waals surface area contributed by atoms with E-state index in [-0.39, 0.29) is 0 Å². The molecule has 0 spiro atoms. The number of hydrogen-bond donors (Lipinski definition) is 0. The van der Waals surface area contributed by atoms with Gasteiger partial charge in [0, 0.05) is 27.2 Å². The molecule has 7 nitrogen and oxygen atoms in total. The van der Waals surface area contributed by atoms with Gasteiger partial charge in [-0.1, -0.05) is 0 Å². The monoisotopic (exact) mass is 373 g/mol. The predicted octanol–water partition coefficient (Wildman–Crippen LogP) is 2.07. The number of hydrogen-bond acceptors (Lipinski definition) is 6. The van der Waals surface area contributed by atoms with Crippen molar-refractivity contribution in [3.63, 3.8) is 0 Å². The summed E-state index contributed by atoms with van der Waals surface area (Å²) < 4.78 is 10.0. The summed E-state index contributed by atoms with van der Waals surface area (Å²) in [6.07, 6.45) is -0.391. The number of halogens is 1. The van der Waals surface area contributed by atoms with Crippen LogP contribution in [0.25, 0.3) is 0 Å². The number of pyridine rings is 1. The third-order valence-electron chi connectivity index (χ3n) is 3.17.